The summed E-state index contributed by atoms with van der Waals surface area (Å²) in [5.41, 5.74) is 1.25. The molecule has 18 heteroatoms. The third-order valence-corrected chi connectivity index (χ3v) is 9.22. The highest BCUT2D eigenvalue weighted by Crippen LogP contribution is 2.38. The van der Waals surface area contributed by atoms with E-state index in [2.05, 4.69) is 25.6 Å². The monoisotopic (exact) mass is 748 g/mol. The van der Waals surface area contributed by atoms with E-state index in [4.69, 9.17) is 18.9 Å². The summed E-state index contributed by atoms with van der Waals surface area (Å²) < 4.78 is 24.3. The normalized spacial score (nSPS) is 14.4. The van der Waals surface area contributed by atoms with Crippen LogP contribution in [0.5, 0.6) is 17.2 Å². The Balaban J connectivity index is 0.00000266. The fourth-order valence-electron chi connectivity index (χ4n) is 5.69. The Morgan fingerprint density at radius 2 is 1.75 bits per heavy atom. The average molecular weight is 749 g/mol. The summed E-state index contributed by atoms with van der Waals surface area (Å²) in [5.74, 6) is 0.519. The molecule has 0 saturated carbocycles. The van der Waals surface area contributed by atoms with Crippen molar-refractivity contribution in [1.82, 2.24) is 24.0 Å². The number of rotatable bonds is 12. The Labute approximate surface area is 306 Å². The van der Waals surface area contributed by atoms with Crippen molar-refractivity contribution in [2.75, 3.05) is 38.0 Å². The average Bonchev–Trinajstić information content (AvgIpc) is 3.95. The number of aryl methyl sites for hydroxylation is 2. The molecule has 2 unspecified atom stereocenters. The largest absolute Gasteiger partial charge is 0.493 e. The molecule has 0 radical (unpaired) electrons. The molecule has 2 aliphatic rings. The molecule has 2 atom stereocenters. The van der Waals surface area contributed by atoms with E-state index in [0.29, 0.717) is 35.7 Å². The number of carbonyl (C=O) groups excluding carboxylic acids is 5. The van der Waals surface area contributed by atoms with Gasteiger partial charge in [0.2, 0.25) is 11.7 Å². The lowest BCUT2D eigenvalue weighted by Crippen LogP contribution is -2.35. The second-order valence-corrected chi connectivity index (χ2v) is 12.8. The van der Waals surface area contributed by atoms with E-state index in [1.807, 2.05) is 18.7 Å². The Morgan fingerprint density at radius 1 is 0.962 bits per heavy atom. The topological polar surface area (TPSA) is 198 Å². The van der Waals surface area contributed by atoms with E-state index in [-0.39, 0.29) is 73.4 Å². The van der Waals surface area contributed by atoms with Crippen LogP contribution < -0.4 is 24.8 Å². The number of aliphatic imine (C=N–C) groups is 1. The zero-order valence-corrected chi connectivity index (χ0v) is 31.2. The Hall–Kier alpha value is -5.96. The van der Waals surface area contributed by atoms with Crippen molar-refractivity contribution >= 4 is 61.4 Å². The first-order valence-electron chi connectivity index (χ1n) is 16.9. The first-order valence-corrected chi connectivity index (χ1v) is 18.0. The number of esters is 2. The molecule has 0 aliphatic carbocycles. The van der Waals surface area contributed by atoms with Crippen LogP contribution in [-0.4, -0.2) is 93.3 Å². The second-order valence-electron chi connectivity index (χ2n) is 11.7. The van der Waals surface area contributed by atoms with E-state index in [9.17, 15) is 24.0 Å². The third kappa shape index (κ3) is 8.75. The van der Waals surface area contributed by atoms with Crippen molar-refractivity contribution in [2.24, 2.45) is 19.1 Å². The Kier molecular flexibility index (Phi) is 12.3. The minimum Gasteiger partial charge on any atom is -0.493 e. The van der Waals surface area contributed by atoms with Crippen LogP contribution in [0.1, 0.15) is 81.2 Å². The summed E-state index contributed by atoms with van der Waals surface area (Å²) in [6.07, 6.45) is 7.04. The third-order valence-electron chi connectivity index (χ3n) is 8.21. The van der Waals surface area contributed by atoms with Crippen molar-refractivity contribution in [1.29, 1.82) is 0 Å². The molecule has 3 amide bonds. The van der Waals surface area contributed by atoms with Crippen molar-refractivity contribution in [3.05, 3.63) is 58.9 Å². The van der Waals surface area contributed by atoms with Crippen LogP contribution in [0.3, 0.4) is 0 Å². The molecule has 1 saturated heterocycles. The molecule has 1 aromatic carbocycles. The predicted octanol–water partition coefficient (Wildman–Crippen LogP) is 4.60. The first kappa shape index (κ1) is 38.3. The van der Waals surface area contributed by atoms with Gasteiger partial charge in [-0.15, -0.1) is 8.19 Å². The molecule has 53 heavy (non-hydrogen) atoms. The zero-order valence-electron chi connectivity index (χ0n) is 30.2. The van der Waals surface area contributed by atoms with Gasteiger partial charge in [0.1, 0.15) is 17.3 Å². The minimum atomic E-state index is -0.730. The number of hydrogen-bond donors (Lipinski definition) is 2. The van der Waals surface area contributed by atoms with Gasteiger partial charge in [0.25, 0.3) is 11.8 Å². The van der Waals surface area contributed by atoms with Crippen molar-refractivity contribution < 1.29 is 42.9 Å². The number of carbonyl (C=O) groups is 5. The zero-order chi connectivity index (χ0) is 38.2. The lowest BCUT2D eigenvalue weighted by molar-refractivity contribution is -0.116. The summed E-state index contributed by atoms with van der Waals surface area (Å²) in [6.45, 7) is 4.88. The lowest BCUT2D eigenvalue weighted by atomic mass is 10.1. The number of amides is 3. The van der Waals surface area contributed by atoms with Crippen LogP contribution in [0.4, 0.5) is 17.3 Å². The quantitative estimate of drug-likeness (QED) is 0.152. The molecule has 280 valence electrons. The van der Waals surface area contributed by atoms with E-state index in [0.717, 1.165) is 12.8 Å². The number of benzene rings is 1. The maximum atomic E-state index is 13.1. The summed E-state index contributed by atoms with van der Waals surface area (Å²) in [5, 5.41) is 5.29. The number of aromatic nitrogens is 4. The number of fused-ring (bicyclic) bond motifs is 2. The van der Waals surface area contributed by atoms with Gasteiger partial charge in [-0.3, -0.25) is 19.4 Å². The number of nitrogens with one attached hydrogen (secondary N) is 2. The summed E-state index contributed by atoms with van der Waals surface area (Å²) in [4.78, 5) is 77.9. The number of imidazole rings is 1. The Bertz CT molecular complexity index is 2050. The van der Waals surface area contributed by atoms with Crippen LogP contribution in [0, 0.1) is 0 Å². The van der Waals surface area contributed by atoms with Crippen molar-refractivity contribution in [2.45, 2.75) is 45.6 Å². The minimum absolute atomic E-state index is 0.000549. The predicted molar refractivity (Wildman–Crippen MR) is 197 cm³/mol. The molecule has 1 fully saturated rings. The standard InChI is InChI=1S/C33H35N8O9P.C2H6/c1-39-15-19(11-22(39)32(45)48-4)50-33(46)30-38-26(17-51-30)37-29(43)28-36-25(16-40(28)2)35-27(42)8-6-10-49-24-13-21-20(12-23(24)47-3)31(44)41-9-5-7-18(41)14-34-21;1-2/h11-18,51H,5-10H2,1-4H3,(H,35,42)(H,37,43);1-2H3. The molecule has 6 rings (SSSR count). The van der Waals surface area contributed by atoms with Gasteiger partial charge < -0.3 is 43.6 Å². The number of nitrogens with zero attached hydrogens (tertiary/aromatic N) is 6. The SMILES string of the molecule is CC.COC(=O)c1cc(OC(=O)c2nc(NC(=O)c3nc(NC(=O)CCCOc4cc5c(cc4OC)C(=O)N4CCCC4C=N5)cn3C)c[pH]2)cn1C. The molecule has 0 spiro atoms. The molecule has 4 aromatic rings. The smallest absolute Gasteiger partial charge is 0.366 e. The van der Waals surface area contributed by atoms with Crippen LogP contribution in [0.15, 0.2) is 41.4 Å². The van der Waals surface area contributed by atoms with Gasteiger partial charge >= 0.3 is 11.9 Å². The highest BCUT2D eigenvalue weighted by Gasteiger charge is 2.32. The molecule has 5 heterocycles. The number of ether oxygens (including phenoxy) is 4. The first-order chi connectivity index (χ1) is 25.5. The van der Waals surface area contributed by atoms with Crippen molar-refractivity contribution in [3.8, 4) is 17.2 Å². The van der Waals surface area contributed by atoms with Gasteiger partial charge in [-0.2, -0.15) is 0 Å². The summed E-state index contributed by atoms with van der Waals surface area (Å²) >= 11 is 0. The fraction of sp³-hybridized carbons (Fsp3) is 0.371. The molecule has 0 bridgehead atoms. The van der Waals surface area contributed by atoms with Crippen LogP contribution in [0.2, 0.25) is 0 Å². The van der Waals surface area contributed by atoms with E-state index in [1.165, 1.54) is 41.8 Å². The number of methoxy groups -OCH3 is 2. The number of anilines is 2. The number of hydrogen-bond acceptors (Lipinski definition) is 12. The van der Waals surface area contributed by atoms with E-state index in [1.54, 1.807) is 38.2 Å². The molecular weight excluding hydrogens is 707 g/mol. The molecule has 2 N–H and O–H groups in total. The maximum Gasteiger partial charge on any atom is 0.366 e. The molecular formula is C35H41N8O9P. The van der Waals surface area contributed by atoms with Gasteiger partial charge in [-0.05, 0) is 31.1 Å². The lowest BCUT2D eigenvalue weighted by Gasteiger charge is -2.20. The Morgan fingerprint density at radius 3 is 2.51 bits per heavy atom. The van der Waals surface area contributed by atoms with E-state index >= 15 is 0 Å². The molecule has 2 aliphatic heterocycles. The van der Waals surface area contributed by atoms with Gasteiger partial charge in [-0.1, -0.05) is 13.8 Å². The van der Waals surface area contributed by atoms with Gasteiger partial charge in [0.05, 0.1) is 38.1 Å². The molecule has 3 aromatic heterocycles. The van der Waals surface area contributed by atoms with Crippen molar-refractivity contribution in [3.63, 3.8) is 0 Å². The van der Waals surface area contributed by atoms with Crippen LogP contribution >= 0.6 is 8.19 Å². The maximum absolute atomic E-state index is 13.1. The highest BCUT2D eigenvalue weighted by molar-refractivity contribution is 7.31. The second kappa shape index (κ2) is 17.0. The van der Waals surface area contributed by atoms with Crippen LogP contribution in [-0.2, 0) is 23.6 Å². The van der Waals surface area contributed by atoms with Gasteiger partial charge in [-0.25, -0.2) is 19.6 Å². The molecule has 17 nitrogen and oxygen atoms in total. The summed E-state index contributed by atoms with van der Waals surface area (Å²) in [6, 6.07) is 4.69. The van der Waals surface area contributed by atoms with Gasteiger partial charge in [0, 0.05) is 57.8 Å². The van der Waals surface area contributed by atoms with E-state index < -0.39 is 17.8 Å². The van der Waals surface area contributed by atoms with Crippen LogP contribution in [0.25, 0.3) is 0 Å². The van der Waals surface area contributed by atoms with Gasteiger partial charge in [0.15, 0.2) is 22.7 Å². The highest BCUT2D eigenvalue weighted by atomic mass is 31.0. The fourth-order valence-corrected chi connectivity index (χ4v) is 6.46. The summed E-state index contributed by atoms with van der Waals surface area (Å²) in [7, 11) is 5.78.